The molecule has 3 N–H and O–H groups in total. The Labute approximate surface area is 86.7 Å². The number of hydrogen-bond donors (Lipinski definition) is 2. The van der Waals surface area contributed by atoms with Crippen LogP contribution in [0.2, 0.25) is 0 Å². The van der Waals surface area contributed by atoms with Crippen LogP contribution in [-0.2, 0) is 7.05 Å². The summed E-state index contributed by atoms with van der Waals surface area (Å²) in [5, 5.41) is 11.0. The summed E-state index contributed by atoms with van der Waals surface area (Å²) in [6.07, 6.45) is 1.46. The number of fused-ring (bicyclic) bond motifs is 1. The first kappa shape index (κ1) is 9.78. The van der Waals surface area contributed by atoms with Crippen LogP contribution in [0.1, 0.15) is 6.92 Å². The van der Waals surface area contributed by atoms with Crippen molar-refractivity contribution in [2.24, 2.45) is 12.8 Å². The Kier molecular flexibility index (Phi) is 2.46. The first-order chi connectivity index (χ1) is 7.22. The normalized spacial score (nSPS) is 13.0. The lowest BCUT2D eigenvalue weighted by atomic mass is 10.3. The first-order valence-electron chi connectivity index (χ1n) is 4.69. The molecule has 0 saturated heterocycles. The van der Waals surface area contributed by atoms with E-state index in [4.69, 9.17) is 5.73 Å². The zero-order chi connectivity index (χ0) is 10.8. The Morgan fingerprint density at radius 1 is 1.53 bits per heavy atom. The molecular weight excluding hydrogens is 194 g/mol. The Bertz CT molecular complexity index is 463. The number of aryl methyl sites for hydroxylation is 1. The molecule has 1 atom stereocenters. The van der Waals surface area contributed by atoms with E-state index in [0.29, 0.717) is 18.0 Å². The summed E-state index contributed by atoms with van der Waals surface area (Å²) in [4.78, 5) is 8.17. The molecule has 2 aromatic heterocycles. The summed E-state index contributed by atoms with van der Waals surface area (Å²) in [6.45, 7) is 2.52. The van der Waals surface area contributed by atoms with E-state index in [1.165, 1.54) is 6.33 Å². The minimum absolute atomic E-state index is 0.151. The number of nitrogens with zero attached hydrogens (tertiary/aromatic N) is 5. The molecule has 2 rings (SSSR count). The van der Waals surface area contributed by atoms with E-state index in [-0.39, 0.29) is 6.04 Å². The molecule has 0 aliphatic heterocycles. The maximum Gasteiger partial charge on any atom is 0.207 e. The van der Waals surface area contributed by atoms with Crippen LogP contribution in [0.15, 0.2) is 6.33 Å². The summed E-state index contributed by atoms with van der Waals surface area (Å²) in [5.74, 6) is 0.713. The van der Waals surface area contributed by atoms with Crippen molar-refractivity contribution in [2.45, 2.75) is 13.0 Å². The minimum atomic E-state index is 0.151. The maximum atomic E-state index is 5.53. The van der Waals surface area contributed by atoms with Crippen molar-refractivity contribution in [1.29, 1.82) is 0 Å². The van der Waals surface area contributed by atoms with Crippen molar-refractivity contribution in [2.75, 3.05) is 11.9 Å². The molecule has 2 heterocycles. The van der Waals surface area contributed by atoms with E-state index >= 15 is 0 Å². The summed E-state index contributed by atoms with van der Waals surface area (Å²) in [5.41, 5.74) is 6.91. The van der Waals surface area contributed by atoms with Gasteiger partial charge in [0, 0.05) is 19.6 Å². The quantitative estimate of drug-likeness (QED) is 0.705. The summed E-state index contributed by atoms with van der Waals surface area (Å²) >= 11 is 0. The molecule has 80 valence electrons. The topological polar surface area (TPSA) is 94.5 Å². The van der Waals surface area contributed by atoms with Crippen LogP contribution in [0.4, 0.5) is 5.82 Å². The van der Waals surface area contributed by atoms with Gasteiger partial charge < -0.3 is 11.1 Å². The van der Waals surface area contributed by atoms with Gasteiger partial charge in [-0.15, -0.1) is 5.10 Å². The van der Waals surface area contributed by atoms with E-state index in [0.717, 1.165) is 5.52 Å². The van der Waals surface area contributed by atoms with Crippen LogP contribution >= 0.6 is 0 Å². The molecule has 0 fully saturated rings. The van der Waals surface area contributed by atoms with Gasteiger partial charge in [0.2, 0.25) is 5.65 Å². The van der Waals surface area contributed by atoms with E-state index in [1.54, 1.807) is 11.7 Å². The van der Waals surface area contributed by atoms with Gasteiger partial charge in [0.05, 0.1) is 0 Å². The number of aromatic nitrogens is 5. The lowest BCUT2D eigenvalue weighted by Gasteiger charge is -2.12. The average molecular weight is 207 g/mol. The fourth-order valence-corrected chi connectivity index (χ4v) is 1.29. The molecule has 2 aromatic rings. The highest BCUT2D eigenvalue weighted by atomic mass is 15.4. The predicted molar refractivity (Wildman–Crippen MR) is 56.2 cm³/mol. The van der Waals surface area contributed by atoms with E-state index < -0.39 is 0 Å². The Morgan fingerprint density at radius 3 is 3.07 bits per heavy atom. The van der Waals surface area contributed by atoms with E-state index in [1.807, 2.05) is 6.92 Å². The second-order valence-electron chi connectivity index (χ2n) is 3.39. The van der Waals surface area contributed by atoms with Crippen LogP contribution in [0.25, 0.3) is 11.2 Å². The third-order valence-electron chi connectivity index (χ3n) is 2.14. The predicted octanol–water partition coefficient (Wildman–Crippen LogP) is -0.483. The van der Waals surface area contributed by atoms with Crippen LogP contribution < -0.4 is 11.1 Å². The van der Waals surface area contributed by atoms with Crippen LogP contribution in [0.3, 0.4) is 0 Å². The van der Waals surface area contributed by atoms with Gasteiger partial charge in [0.15, 0.2) is 5.82 Å². The summed E-state index contributed by atoms with van der Waals surface area (Å²) < 4.78 is 1.64. The maximum absolute atomic E-state index is 5.53. The van der Waals surface area contributed by atoms with Crippen molar-refractivity contribution in [3.63, 3.8) is 0 Å². The third-order valence-corrected chi connectivity index (χ3v) is 2.14. The molecule has 0 aromatic carbocycles. The molecule has 1 unspecified atom stereocenters. The van der Waals surface area contributed by atoms with Crippen molar-refractivity contribution < 1.29 is 0 Å². The van der Waals surface area contributed by atoms with Gasteiger partial charge in [0.1, 0.15) is 11.8 Å². The zero-order valence-electron chi connectivity index (χ0n) is 8.68. The lowest BCUT2D eigenvalue weighted by Crippen LogP contribution is -2.26. The minimum Gasteiger partial charge on any atom is -0.364 e. The highest BCUT2D eigenvalue weighted by molar-refractivity contribution is 5.82. The van der Waals surface area contributed by atoms with Gasteiger partial charge in [-0.2, -0.15) is 0 Å². The molecule has 7 heteroatoms. The number of nitrogens with two attached hydrogens (primary N) is 1. The highest BCUT2D eigenvalue weighted by Gasteiger charge is 2.10. The molecule has 15 heavy (non-hydrogen) atoms. The van der Waals surface area contributed by atoms with Gasteiger partial charge in [-0.05, 0) is 6.92 Å². The largest absolute Gasteiger partial charge is 0.364 e. The summed E-state index contributed by atoms with van der Waals surface area (Å²) in [6, 6.07) is 0.151. The van der Waals surface area contributed by atoms with Crippen LogP contribution in [0, 0.1) is 0 Å². The Morgan fingerprint density at radius 2 is 2.33 bits per heavy atom. The third kappa shape index (κ3) is 1.73. The lowest BCUT2D eigenvalue weighted by molar-refractivity contribution is 0.733. The molecule has 0 saturated carbocycles. The fourth-order valence-electron chi connectivity index (χ4n) is 1.29. The average Bonchev–Trinajstić information content (AvgIpc) is 2.61. The van der Waals surface area contributed by atoms with Crippen molar-refractivity contribution in [3.8, 4) is 0 Å². The molecule has 0 amide bonds. The summed E-state index contributed by atoms with van der Waals surface area (Å²) in [7, 11) is 1.80. The molecule has 0 aliphatic rings. The monoisotopic (exact) mass is 207 g/mol. The number of hydrogen-bond acceptors (Lipinski definition) is 6. The molecule has 7 nitrogen and oxygen atoms in total. The first-order valence-corrected chi connectivity index (χ1v) is 4.69. The second kappa shape index (κ2) is 3.77. The number of anilines is 1. The van der Waals surface area contributed by atoms with Gasteiger partial charge in [0.25, 0.3) is 0 Å². The van der Waals surface area contributed by atoms with Crippen molar-refractivity contribution in [3.05, 3.63) is 6.33 Å². The fraction of sp³-hybridized carbons (Fsp3) is 0.500. The molecule has 0 spiro atoms. The van der Waals surface area contributed by atoms with E-state index in [2.05, 4.69) is 25.6 Å². The van der Waals surface area contributed by atoms with Crippen molar-refractivity contribution in [1.82, 2.24) is 25.0 Å². The van der Waals surface area contributed by atoms with E-state index in [9.17, 15) is 0 Å². The van der Waals surface area contributed by atoms with Gasteiger partial charge in [-0.3, -0.25) is 0 Å². The Hall–Kier alpha value is -1.76. The molecule has 0 bridgehead atoms. The smallest absolute Gasteiger partial charge is 0.207 e. The van der Waals surface area contributed by atoms with Gasteiger partial charge in [-0.25, -0.2) is 14.6 Å². The molecule has 0 aliphatic carbocycles. The molecule has 0 radical (unpaired) electrons. The van der Waals surface area contributed by atoms with Crippen LogP contribution in [-0.4, -0.2) is 37.5 Å². The number of nitrogens with one attached hydrogen (secondary N) is 1. The standard InChI is InChI=1S/C8H13N7/c1-5(3-9)12-7-6-8(11-4-10-7)13-14-15(6)2/h4-5H,3,9H2,1-2H3,(H,10,11,12). The highest BCUT2D eigenvalue weighted by Crippen LogP contribution is 2.16. The number of rotatable bonds is 3. The van der Waals surface area contributed by atoms with Gasteiger partial charge >= 0.3 is 0 Å². The second-order valence-corrected chi connectivity index (χ2v) is 3.39. The zero-order valence-corrected chi connectivity index (χ0v) is 8.68. The Balaban J connectivity index is 2.45. The van der Waals surface area contributed by atoms with Gasteiger partial charge in [-0.1, -0.05) is 5.21 Å². The SMILES string of the molecule is CC(CN)Nc1ncnc2nnn(C)c12. The van der Waals surface area contributed by atoms with Crippen molar-refractivity contribution >= 4 is 17.0 Å². The van der Waals surface area contributed by atoms with Crippen LogP contribution in [0.5, 0.6) is 0 Å². The molecular formula is C8H13N7.